The molecular weight excluding hydrogens is 465 g/mol. The van der Waals surface area contributed by atoms with Crippen molar-refractivity contribution in [3.63, 3.8) is 0 Å². The fourth-order valence-electron chi connectivity index (χ4n) is 3.66. The van der Waals surface area contributed by atoms with Crippen molar-refractivity contribution in [1.82, 2.24) is 4.98 Å². The van der Waals surface area contributed by atoms with Gasteiger partial charge in [0.15, 0.2) is 0 Å². The van der Waals surface area contributed by atoms with E-state index in [4.69, 9.17) is 23.2 Å². The van der Waals surface area contributed by atoms with Gasteiger partial charge < -0.3 is 10.4 Å². The number of benzene rings is 2. The molecule has 1 saturated heterocycles. The van der Waals surface area contributed by atoms with Crippen LogP contribution in [0, 0.1) is 0 Å². The number of aliphatic hydroxyl groups is 1. The Morgan fingerprint density at radius 1 is 1.06 bits per heavy atom. The lowest BCUT2D eigenvalue weighted by Crippen LogP contribution is -2.29. The summed E-state index contributed by atoms with van der Waals surface area (Å²) >= 11 is 12.1. The van der Waals surface area contributed by atoms with Crippen molar-refractivity contribution < 1.29 is 19.5 Å². The summed E-state index contributed by atoms with van der Waals surface area (Å²) in [7, 11) is 0. The van der Waals surface area contributed by atoms with Gasteiger partial charge >= 0.3 is 0 Å². The first-order valence-corrected chi connectivity index (χ1v) is 10.6. The summed E-state index contributed by atoms with van der Waals surface area (Å²) in [5.74, 6) is -2.27. The molecule has 0 bridgehead atoms. The van der Waals surface area contributed by atoms with Gasteiger partial charge in [-0.15, -0.1) is 0 Å². The molecule has 9 heteroatoms. The number of carbonyl (C=O) groups excluding carboxylic acids is 3. The number of anilines is 2. The van der Waals surface area contributed by atoms with Gasteiger partial charge in [-0.1, -0.05) is 29.3 Å². The van der Waals surface area contributed by atoms with Gasteiger partial charge in [-0.3, -0.25) is 24.3 Å². The van der Waals surface area contributed by atoms with Gasteiger partial charge in [-0.2, -0.15) is 0 Å². The molecule has 1 aromatic heterocycles. The highest BCUT2D eigenvalue weighted by atomic mass is 35.5. The molecule has 33 heavy (non-hydrogen) atoms. The highest BCUT2D eigenvalue weighted by Gasteiger charge is 2.47. The van der Waals surface area contributed by atoms with Gasteiger partial charge in [-0.05, 0) is 54.1 Å². The molecule has 2 aromatic carbocycles. The second kappa shape index (κ2) is 9.05. The van der Waals surface area contributed by atoms with Crippen molar-refractivity contribution in [2.24, 2.45) is 0 Å². The smallest absolute Gasteiger partial charge is 0.300 e. The number of amides is 2. The second-order valence-corrected chi connectivity index (χ2v) is 8.13. The first-order valence-electron chi connectivity index (χ1n) is 9.82. The lowest BCUT2D eigenvalue weighted by molar-refractivity contribution is -0.132. The summed E-state index contributed by atoms with van der Waals surface area (Å²) in [4.78, 5) is 42.9. The van der Waals surface area contributed by atoms with Crippen molar-refractivity contribution in [1.29, 1.82) is 0 Å². The van der Waals surface area contributed by atoms with Crippen LogP contribution in [-0.4, -0.2) is 27.7 Å². The third kappa shape index (κ3) is 4.33. The van der Waals surface area contributed by atoms with E-state index in [0.717, 1.165) is 0 Å². The molecule has 4 rings (SSSR count). The number of ketones is 1. The SMILES string of the molecule is CC(=O)Nc1ccc(N2C(=O)C(=O)/C(=C(\O)c3ccc(Cl)c(Cl)c3)C2c2cccnc2)cc1. The number of hydrogen-bond acceptors (Lipinski definition) is 5. The quantitative estimate of drug-likeness (QED) is 0.311. The van der Waals surface area contributed by atoms with Gasteiger partial charge in [0.25, 0.3) is 11.7 Å². The highest BCUT2D eigenvalue weighted by molar-refractivity contribution is 6.51. The molecule has 1 aliphatic heterocycles. The predicted molar refractivity (Wildman–Crippen MR) is 126 cm³/mol. The highest BCUT2D eigenvalue weighted by Crippen LogP contribution is 2.42. The number of aliphatic hydroxyl groups excluding tert-OH is 1. The van der Waals surface area contributed by atoms with Crippen molar-refractivity contribution in [3.05, 3.63) is 93.7 Å². The molecule has 1 unspecified atom stereocenters. The van der Waals surface area contributed by atoms with Gasteiger partial charge in [0.2, 0.25) is 5.91 Å². The largest absolute Gasteiger partial charge is 0.507 e. The number of hydrogen-bond donors (Lipinski definition) is 2. The number of Topliss-reactive ketones (excluding diaryl/α,β-unsaturated/α-hetero) is 1. The third-order valence-electron chi connectivity index (χ3n) is 5.10. The molecule has 166 valence electrons. The lowest BCUT2D eigenvalue weighted by Gasteiger charge is -2.25. The minimum Gasteiger partial charge on any atom is -0.507 e. The molecule has 0 saturated carbocycles. The standard InChI is InChI=1S/C24H17Cl2N3O4/c1-13(30)28-16-5-7-17(8-6-16)29-21(15-3-2-10-27-12-15)20(23(32)24(29)33)22(31)14-4-9-18(25)19(26)11-14/h2-12,21,31H,1H3,(H,28,30)/b22-20-. The summed E-state index contributed by atoms with van der Waals surface area (Å²) in [6.07, 6.45) is 3.09. The monoisotopic (exact) mass is 481 g/mol. The summed E-state index contributed by atoms with van der Waals surface area (Å²) in [5, 5.41) is 14.2. The van der Waals surface area contributed by atoms with Crippen molar-refractivity contribution >= 4 is 57.9 Å². The predicted octanol–water partition coefficient (Wildman–Crippen LogP) is 4.97. The van der Waals surface area contributed by atoms with Crippen LogP contribution >= 0.6 is 23.2 Å². The summed E-state index contributed by atoms with van der Waals surface area (Å²) in [6, 6.07) is 13.4. The Morgan fingerprint density at radius 2 is 1.79 bits per heavy atom. The molecule has 2 amide bonds. The minimum absolute atomic E-state index is 0.0997. The van der Waals surface area contributed by atoms with Crippen LogP contribution in [0.4, 0.5) is 11.4 Å². The van der Waals surface area contributed by atoms with E-state index >= 15 is 0 Å². The van der Waals surface area contributed by atoms with Crippen LogP contribution in [0.5, 0.6) is 0 Å². The van der Waals surface area contributed by atoms with Gasteiger partial charge in [0, 0.05) is 36.3 Å². The first-order chi connectivity index (χ1) is 15.8. The summed E-state index contributed by atoms with van der Waals surface area (Å²) in [6.45, 7) is 1.39. The van der Waals surface area contributed by atoms with E-state index in [-0.39, 0.29) is 32.8 Å². The normalized spacial score (nSPS) is 17.3. The van der Waals surface area contributed by atoms with E-state index in [1.165, 1.54) is 36.2 Å². The number of pyridine rings is 1. The molecular formula is C24H17Cl2N3O4. The zero-order valence-electron chi connectivity index (χ0n) is 17.3. The topological polar surface area (TPSA) is 99.6 Å². The number of aromatic nitrogens is 1. The van der Waals surface area contributed by atoms with Crippen LogP contribution in [0.25, 0.3) is 5.76 Å². The average Bonchev–Trinajstić information content (AvgIpc) is 3.06. The van der Waals surface area contributed by atoms with Crippen LogP contribution in [0.2, 0.25) is 10.0 Å². The maximum Gasteiger partial charge on any atom is 0.300 e. The minimum atomic E-state index is -0.931. The van der Waals surface area contributed by atoms with Crippen LogP contribution in [0.1, 0.15) is 24.1 Å². The molecule has 1 atom stereocenters. The van der Waals surface area contributed by atoms with Crippen LogP contribution < -0.4 is 10.2 Å². The molecule has 2 N–H and O–H groups in total. The van der Waals surface area contributed by atoms with Crippen LogP contribution in [-0.2, 0) is 14.4 Å². The molecule has 7 nitrogen and oxygen atoms in total. The summed E-state index contributed by atoms with van der Waals surface area (Å²) < 4.78 is 0. The zero-order chi connectivity index (χ0) is 23.7. The number of nitrogens with one attached hydrogen (secondary N) is 1. The van der Waals surface area contributed by atoms with Gasteiger partial charge in [0.1, 0.15) is 5.76 Å². The molecule has 0 spiro atoms. The molecule has 1 aliphatic rings. The Bertz CT molecular complexity index is 1290. The van der Waals surface area contributed by atoms with Crippen LogP contribution in [0.3, 0.4) is 0 Å². The Kier molecular flexibility index (Phi) is 6.18. The van der Waals surface area contributed by atoms with Gasteiger partial charge in [0.05, 0.1) is 21.7 Å². The molecule has 0 aliphatic carbocycles. The Balaban J connectivity index is 1.87. The number of carbonyl (C=O) groups is 3. The molecule has 0 radical (unpaired) electrons. The number of nitrogens with zero attached hydrogens (tertiary/aromatic N) is 2. The molecule has 1 fully saturated rings. The second-order valence-electron chi connectivity index (χ2n) is 7.31. The zero-order valence-corrected chi connectivity index (χ0v) is 18.8. The van der Waals surface area contributed by atoms with Crippen molar-refractivity contribution in [2.45, 2.75) is 13.0 Å². The Labute approximate surface area is 199 Å². The third-order valence-corrected chi connectivity index (χ3v) is 5.84. The van der Waals surface area contributed by atoms with E-state index in [2.05, 4.69) is 10.3 Å². The maximum absolute atomic E-state index is 13.1. The van der Waals surface area contributed by atoms with Gasteiger partial charge in [-0.25, -0.2) is 0 Å². The molecule has 2 heterocycles. The molecule has 3 aromatic rings. The number of halogens is 2. The van der Waals surface area contributed by atoms with Crippen molar-refractivity contribution in [2.75, 3.05) is 10.2 Å². The average molecular weight is 482 g/mol. The van der Waals surface area contributed by atoms with Crippen LogP contribution in [0.15, 0.2) is 72.6 Å². The fraction of sp³-hybridized carbons (Fsp3) is 0.0833. The maximum atomic E-state index is 13.1. The van der Waals surface area contributed by atoms with E-state index in [1.54, 1.807) is 42.6 Å². The van der Waals surface area contributed by atoms with E-state index in [0.29, 0.717) is 16.9 Å². The van der Waals surface area contributed by atoms with Crippen molar-refractivity contribution in [3.8, 4) is 0 Å². The Morgan fingerprint density at radius 3 is 2.39 bits per heavy atom. The number of rotatable bonds is 4. The van der Waals surface area contributed by atoms with E-state index < -0.39 is 17.7 Å². The van der Waals surface area contributed by atoms with E-state index in [1.807, 2.05) is 0 Å². The lowest BCUT2D eigenvalue weighted by atomic mass is 9.96. The first kappa shape index (κ1) is 22.5. The fourth-order valence-corrected chi connectivity index (χ4v) is 3.96. The summed E-state index contributed by atoms with van der Waals surface area (Å²) in [5.41, 5.74) is 1.63. The van der Waals surface area contributed by atoms with E-state index in [9.17, 15) is 19.5 Å². The Hall–Kier alpha value is -3.68.